The van der Waals surface area contributed by atoms with E-state index < -0.39 is 23.1 Å². The van der Waals surface area contributed by atoms with Crippen LogP contribution in [0.1, 0.15) is 29.0 Å². The van der Waals surface area contributed by atoms with Crippen LogP contribution in [0.5, 0.6) is 0 Å². The fraction of sp³-hybridized carbons (Fsp3) is 0.125. The lowest BCUT2D eigenvalue weighted by Crippen LogP contribution is -2.37. The molecular weight excluding hydrogens is 607 g/mol. The Balaban J connectivity index is 1.37. The topological polar surface area (TPSA) is 94.6 Å². The van der Waals surface area contributed by atoms with Crippen LogP contribution in [0.4, 0.5) is 20.0 Å². The maximum atomic E-state index is 15.0. The van der Waals surface area contributed by atoms with Gasteiger partial charge in [0.15, 0.2) is 5.13 Å². The number of rotatable bonds is 11. The highest BCUT2D eigenvalue weighted by Gasteiger charge is 2.24. The van der Waals surface area contributed by atoms with Crippen molar-refractivity contribution < 1.29 is 17.9 Å². The van der Waals surface area contributed by atoms with Gasteiger partial charge in [0.25, 0.3) is 0 Å². The van der Waals surface area contributed by atoms with Gasteiger partial charge in [0.05, 0.1) is 5.69 Å². The molecule has 1 atom stereocenters. The second-order valence-corrected chi connectivity index (χ2v) is 12.0. The van der Waals surface area contributed by atoms with E-state index in [9.17, 15) is 9.00 Å². The van der Waals surface area contributed by atoms with Crippen LogP contribution >= 0.6 is 22.9 Å². The highest BCUT2D eigenvalue weighted by Crippen LogP contribution is 2.36. The van der Waals surface area contributed by atoms with Crippen molar-refractivity contribution in [3.05, 3.63) is 136 Å². The molecule has 3 N–H and O–H groups in total. The first-order chi connectivity index (χ1) is 20.9. The lowest BCUT2D eigenvalue weighted by atomic mass is 9.88. The smallest absolute Gasteiger partial charge is 0.294 e. The molecule has 0 saturated heterocycles. The molecule has 0 spiro atoms. The van der Waals surface area contributed by atoms with Crippen molar-refractivity contribution in [2.24, 2.45) is 0 Å². The molecule has 5 rings (SSSR count). The van der Waals surface area contributed by atoms with Gasteiger partial charge in [0, 0.05) is 24.6 Å². The minimum atomic E-state index is -2.11. The molecule has 1 heterocycles. The molecule has 2 amide bonds. The van der Waals surface area contributed by atoms with E-state index >= 15 is 4.39 Å². The molecular formula is C32H28ClFN4O3S2. The summed E-state index contributed by atoms with van der Waals surface area (Å²) >= 11 is 5.51. The fourth-order valence-corrected chi connectivity index (χ4v) is 6.14. The van der Waals surface area contributed by atoms with Crippen LogP contribution < -0.4 is 14.9 Å². The Bertz CT molecular complexity index is 1650. The normalized spacial score (nSPS) is 11.8. The third kappa shape index (κ3) is 7.92. The summed E-state index contributed by atoms with van der Waals surface area (Å²) in [5, 5.41) is 3.09. The van der Waals surface area contributed by atoms with Crippen LogP contribution in [0.15, 0.2) is 109 Å². The van der Waals surface area contributed by atoms with Crippen molar-refractivity contribution in [1.29, 1.82) is 0 Å². The number of carbonyl (C=O) groups is 1. The third-order valence-electron chi connectivity index (χ3n) is 6.86. The molecule has 11 heteroatoms. The first-order valence-corrected chi connectivity index (χ1v) is 15.7. The minimum Gasteiger partial charge on any atom is -0.294 e. The van der Waals surface area contributed by atoms with Crippen molar-refractivity contribution in [2.45, 2.75) is 18.9 Å². The van der Waals surface area contributed by atoms with E-state index in [1.54, 1.807) is 42.5 Å². The van der Waals surface area contributed by atoms with E-state index in [1.165, 1.54) is 11.0 Å². The Hall–Kier alpha value is -3.93. The van der Waals surface area contributed by atoms with Gasteiger partial charge in [0.1, 0.15) is 15.8 Å². The summed E-state index contributed by atoms with van der Waals surface area (Å²) in [6.45, 7) is 0.456. The molecule has 7 nitrogen and oxygen atoms in total. The largest absolute Gasteiger partial charge is 0.328 e. The summed E-state index contributed by atoms with van der Waals surface area (Å²) in [4.78, 5) is 19.6. The van der Waals surface area contributed by atoms with Crippen molar-refractivity contribution in [3.63, 3.8) is 0 Å². The number of hydrogen-bond donors (Lipinski definition) is 3. The SMILES string of the molecule is O=C(Nc1nc(-c2ccc(CNS(=O)O)cc2)c(Cl)s1)N(CCC(c1ccccc1)c1ccccc1)c1ccccc1F. The summed E-state index contributed by atoms with van der Waals surface area (Å²) in [7, 11) is 0. The van der Waals surface area contributed by atoms with E-state index in [-0.39, 0.29) is 29.8 Å². The second kappa shape index (κ2) is 14.5. The number of anilines is 2. The molecule has 43 heavy (non-hydrogen) atoms. The number of amides is 2. The maximum Gasteiger partial charge on any atom is 0.328 e. The summed E-state index contributed by atoms with van der Waals surface area (Å²) in [6.07, 6.45) is 0.546. The van der Waals surface area contributed by atoms with Crippen LogP contribution in [0.3, 0.4) is 0 Å². The number of nitrogens with zero attached hydrogens (tertiary/aromatic N) is 2. The summed E-state index contributed by atoms with van der Waals surface area (Å²) in [6, 6.07) is 32.9. The van der Waals surface area contributed by atoms with Crippen LogP contribution in [0, 0.1) is 5.82 Å². The number of benzene rings is 4. The Morgan fingerprint density at radius 2 is 1.53 bits per heavy atom. The molecule has 0 aliphatic heterocycles. The highest BCUT2D eigenvalue weighted by molar-refractivity contribution is 7.77. The maximum absolute atomic E-state index is 15.0. The van der Waals surface area contributed by atoms with E-state index in [4.69, 9.17) is 16.2 Å². The summed E-state index contributed by atoms with van der Waals surface area (Å²) < 4.78 is 37.6. The lowest BCUT2D eigenvalue weighted by molar-refractivity contribution is 0.256. The molecule has 1 unspecified atom stereocenters. The predicted molar refractivity (Wildman–Crippen MR) is 172 cm³/mol. The van der Waals surface area contributed by atoms with Crippen molar-refractivity contribution in [3.8, 4) is 11.3 Å². The van der Waals surface area contributed by atoms with Crippen LogP contribution in [0.2, 0.25) is 4.34 Å². The number of thiazole rings is 1. The Morgan fingerprint density at radius 3 is 2.14 bits per heavy atom. The van der Waals surface area contributed by atoms with Crippen molar-refractivity contribution in [1.82, 2.24) is 9.71 Å². The Morgan fingerprint density at radius 1 is 0.930 bits per heavy atom. The first-order valence-electron chi connectivity index (χ1n) is 13.4. The van der Waals surface area contributed by atoms with Crippen molar-refractivity contribution in [2.75, 3.05) is 16.8 Å². The molecule has 0 fully saturated rings. The van der Waals surface area contributed by atoms with Gasteiger partial charge in [-0.3, -0.25) is 14.8 Å². The number of urea groups is 1. The Kier molecular flexibility index (Phi) is 10.3. The predicted octanol–water partition coefficient (Wildman–Crippen LogP) is 8.09. The third-order valence-corrected chi connectivity index (χ3v) is 8.42. The van der Waals surface area contributed by atoms with Gasteiger partial charge in [-0.15, -0.1) is 0 Å². The fourth-order valence-electron chi connectivity index (χ4n) is 4.77. The molecule has 1 aromatic heterocycles. The van der Waals surface area contributed by atoms with Crippen LogP contribution in [-0.2, 0) is 17.8 Å². The van der Waals surface area contributed by atoms with E-state index in [2.05, 4.69) is 39.3 Å². The molecule has 0 saturated carbocycles. The number of carbonyl (C=O) groups excluding carboxylic acids is 1. The number of halogens is 2. The molecule has 0 bridgehead atoms. The average Bonchev–Trinajstić information content (AvgIpc) is 3.39. The zero-order valence-corrected chi connectivity index (χ0v) is 25.2. The molecule has 0 radical (unpaired) electrons. The number of aromatic nitrogens is 1. The van der Waals surface area contributed by atoms with Gasteiger partial charge in [-0.25, -0.2) is 23.1 Å². The van der Waals surface area contributed by atoms with Gasteiger partial charge < -0.3 is 0 Å². The molecule has 0 aliphatic carbocycles. The summed E-state index contributed by atoms with van der Waals surface area (Å²) in [5.74, 6) is -0.521. The monoisotopic (exact) mass is 634 g/mol. The van der Waals surface area contributed by atoms with E-state index in [1.807, 2.05) is 36.4 Å². The second-order valence-electron chi connectivity index (χ2n) is 9.60. The number of nitrogens with one attached hydrogen (secondary N) is 2. The van der Waals surface area contributed by atoms with Crippen LogP contribution in [0.25, 0.3) is 11.3 Å². The lowest BCUT2D eigenvalue weighted by Gasteiger charge is -2.26. The number of hydrogen-bond acceptors (Lipinski definition) is 4. The van der Waals surface area contributed by atoms with Gasteiger partial charge in [0.2, 0.25) is 11.3 Å². The van der Waals surface area contributed by atoms with E-state index in [0.29, 0.717) is 16.5 Å². The van der Waals surface area contributed by atoms with Gasteiger partial charge in [-0.05, 0) is 35.2 Å². The quantitative estimate of drug-likeness (QED) is 0.128. The van der Waals surface area contributed by atoms with E-state index in [0.717, 1.165) is 33.6 Å². The number of para-hydroxylation sites is 1. The molecule has 4 aromatic carbocycles. The Labute approximate surface area is 260 Å². The first kappa shape index (κ1) is 30.5. The minimum absolute atomic E-state index is 0.0130. The van der Waals surface area contributed by atoms with Gasteiger partial charge in [-0.1, -0.05) is 120 Å². The van der Waals surface area contributed by atoms with Crippen molar-refractivity contribution >= 4 is 51.1 Å². The highest BCUT2D eigenvalue weighted by atomic mass is 35.5. The van der Waals surface area contributed by atoms with Gasteiger partial charge >= 0.3 is 6.03 Å². The molecule has 5 aromatic rings. The zero-order chi connectivity index (χ0) is 30.2. The standard InChI is InChI=1S/C32H28ClFN4O3S2/c33-30-29(25-17-15-22(16-18-25)21-35-43(40)41)36-31(42-30)37-32(39)38(28-14-8-7-13-27(28)34)20-19-26(23-9-3-1-4-10-23)24-11-5-2-6-12-24/h1-18,26,35H,19-21H2,(H,40,41)(H,36,37,39). The molecule has 220 valence electrons. The summed E-state index contributed by atoms with van der Waals surface area (Å²) in [5.41, 5.74) is 4.37. The average molecular weight is 635 g/mol. The van der Waals surface area contributed by atoms with Crippen LogP contribution in [-0.4, -0.2) is 26.3 Å². The molecule has 0 aliphatic rings. The zero-order valence-electron chi connectivity index (χ0n) is 22.8. The van der Waals surface area contributed by atoms with Gasteiger partial charge in [-0.2, -0.15) is 0 Å².